The molecular formula is C10H9ClN4O2. The number of carbonyl (C=O) groups is 1. The van der Waals surface area contributed by atoms with Gasteiger partial charge in [0, 0.05) is 12.6 Å². The number of rotatable bonds is 3. The Morgan fingerprint density at radius 2 is 2.29 bits per heavy atom. The third kappa shape index (κ3) is 2.73. The predicted octanol–water partition coefficient (Wildman–Crippen LogP) is 2.02. The standard InChI is InChI=1S/C10H9ClN4O2/c1-12-9-3-6(2-8(11)15-9)10(16)14-7-4-13-17-5-7/h2-5H,1H3,(H,12,15)(H,14,16). The van der Waals surface area contributed by atoms with E-state index in [2.05, 4.69) is 25.3 Å². The summed E-state index contributed by atoms with van der Waals surface area (Å²) in [6.45, 7) is 0. The van der Waals surface area contributed by atoms with Gasteiger partial charge in [0.15, 0.2) is 0 Å². The molecule has 2 heterocycles. The average Bonchev–Trinajstić information content (AvgIpc) is 2.81. The summed E-state index contributed by atoms with van der Waals surface area (Å²) in [6, 6.07) is 3.07. The number of hydrogen-bond acceptors (Lipinski definition) is 5. The first-order valence-corrected chi connectivity index (χ1v) is 5.13. The summed E-state index contributed by atoms with van der Waals surface area (Å²) in [4.78, 5) is 15.8. The van der Waals surface area contributed by atoms with Gasteiger partial charge >= 0.3 is 0 Å². The zero-order valence-corrected chi connectivity index (χ0v) is 9.65. The fraction of sp³-hybridized carbons (Fsp3) is 0.100. The van der Waals surface area contributed by atoms with Gasteiger partial charge in [-0.1, -0.05) is 16.8 Å². The molecule has 0 unspecified atom stereocenters. The molecule has 0 radical (unpaired) electrons. The lowest BCUT2D eigenvalue weighted by Gasteiger charge is -2.05. The fourth-order valence-corrected chi connectivity index (χ4v) is 1.43. The lowest BCUT2D eigenvalue weighted by molar-refractivity contribution is 0.102. The van der Waals surface area contributed by atoms with Gasteiger partial charge in [-0.05, 0) is 12.1 Å². The molecule has 2 rings (SSSR count). The SMILES string of the molecule is CNc1cc(C(=O)Nc2cnoc2)cc(Cl)n1. The number of halogens is 1. The first kappa shape index (κ1) is 11.4. The van der Waals surface area contributed by atoms with E-state index in [9.17, 15) is 4.79 Å². The molecule has 0 spiro atoms. The van der Waals surface area contributed by atoms with Crippen molar-refractivity contribution in [1.82, 2.24) is 10.1 Å². The smallest absolute Gasteiger partial charge is 0.256 e. The Morgan fingerprint density at radius 3 is 2.94 bits per heavy atom. The van der Waals surface area contributed by atoms with Gasteiger partial charge in [0.05, 0.1) is 6.20 Å². The van der Waals surface area contributed by atoms with Crippen molar-refractivity contribution >= 4 is 29.0 Å². The van der Waals surface area contributed by atoms with Crippen LogP contribution in [0.15, 0.2) is 29.1 Å². The lowest BCUT2D eigenvalue weighted by atomic mass is 10.2. The van der Waals surface area contributed by atoms with Crippen LogP contribution in [0.5, 0.6) is 0 Å². The van der Waals surface area contributed by atoms with Crippen molar-refractivity contribution < 1.29 is 9.32 Å². The lowest BCUT2D eigenvalue weighted by Crippen LogP contribution is -2.12. The van der Waals surface area contributed by atoms with E-state index in [-0.39, 0.29) is 11.1 Å². The highest BCUT2D eigenvalue weighted by Crippen LogP contribution is 2.15. The van der Waals surface area contributed by atoms with Crippen molar-refractivity contribution in [2.75, 3.05) is 17.7 Å². The molecule has 0 aliphatic carbocycles. The minimum Gasteiger partial charge on any atom is -0.373 e. The quantitative estimate of drug-likeness (QED) is 0.817. The number of nitrogens with one attached hydrogen (secondary N) is 2. The molecule has 0 saturated heterocycles. The second-order valence-corrected chi connectivity index (χ2v) is 3.57. The van der Waals surface area contributed by atoms with Crippen molar-refractivity contribution in [3.05, 3.63) is 35.3 Å². The first-order valence-electron chi connectivity index (χ1n) is 4.75. The van der Waals surface area contributed by atoms with Crippen LogP contribution in [0.2, 0.25) is 5.15 Å². The summed E-state index contributed by atoms with van der Waals surface area (Å²) in [5, 5.41) is 9.15. The zero-order valence-electron chi connectivity index (χ0n) is 8.90. The number of hydrogen-bond donors (Lipinski definition) is 2. The summed E-state index contributed by atoms with van der Waals surface area (Å²) in [7, 11) is 1.69. The average molecular weight is 253 g/mol. The van der Waals surface area contributed by atoms with Gasteiger partial charge in [-0.25, -0.2) is 4.98 Å². The summed E-state index contributed by atoms with van der Waals surface area (Å²) in [6.07, 6.45) is 2.74. The molecule has 2 aromatic rings. The second-order valence-electron chi connectivity index (χ2n) is 3.18. The maximum absolute atomic E-state index is 11.8. The molecule has 0 fully saturated rings. The van der Waals surface area contributed by atoms with Gasteiger partial charge in [0.2, 0.25) is 0 Å². The van der Waals surface area contributed by atoms with E-state index in [4.69, 9.17) is 11.6 Å². The van der Waals surface area contributed by atoms with Crippen LogP contribution in [0.3, 0.4) is 0 Å². The maximum atomic E-state index is 11.8. The van der Waals surface area contributed by atoms with Crippen LogP contribution in [0.4, 0.5) is 11.5 Å². The monoisotopic (exact) mass is 252 g/mol. The number of aromatic nitrogens is 2. The van der Waals surface area contributed by atoms with Crippen LogP contribution >= 0.6 is 11.6 Å². The number of pyridine rings is 1. The molecule has 0 aliphatic heterocycles. The molecule has 17 heavy (non-hydrogen) atoms. The van der Waals surface area contributed by atoms with Crippen LogP contribution in [0.25, 0.3) is 0 Å². The number of anilines is 2. The summed E-state index contributed by atoms with van der Waals surface area (Å²) in [5.74, 6) is 0.210. The van der Waals surface area contributed by atoms with Crippen molar-refractivity contribution in [2.45, 2.75) is 0 Å². The van der Waals surface area contributed by atoms with Crippen molar-refractivity contribution in [2.24, 2.45) is 0 Å². The molecule has 1 amide bonds. The molecule has 0 atom stereocenters. The Labute approximate surface area is 102 Å². The van der Waals surface area contributed by atoms with E-state index >= 15 is 0 Å². The minimum absolute atomic E-state index is 0.243. The molecule has 0 saturated carbocycles. The van der Waals surface area contributed by atoms with Gasteiger partial charge in [-0.3, -0.25) is 4.79 Å². The van der Waals surface area contributed by atoms with E-state index in [1.54, 1.807) is 13.1 Å². The Balaban J connectivity index is 2.21. The molecular weight excluding hydrogens is 244 g/mol. The summed E-state index contributed by atoms with van der Waals surface area (Å²) in [5.41, 5.74) is 0.879. The van der Waals surface area contributed by atoms with Crippen LogP contribution in [0, 0.1) is 0 Å². The highest BCUT2D eigenvalue weighted by molar-refractivity contribution is 6.30. The minimum atomic E-state index is -0.311. The molecule has 88 valence electrons. The van der Waals surface area contributed by atoms with Crippen LogP contribution in [-0.4, -0.2) is 23.1 Å². The topological polar surface area (TPSA) is 80.0 Å². The Bertz CT molecular complexity index is 527. The highest BCUT2D eigenvalue weighted by atomic mass is 35.5. The zero-order chi connectivity index (χ0) is 12.3. The molecule has 6 nitrogen and oxygen atoms in total. The number of amides is 1. The highest BCUT2D eigenvalue weighted by Gasteiger charge is 2.10. The van der Waals surface area contributed by atoms with E-state index in [0.29, 0.717) is 17.1 Å². The van der Waals surface area contributed by atoms with Crippen LogP contribution < -0.4 is 10.6 Å². The van der Waals surface area contributed by atoms with Crippen molar-refractivity contribution in [3.63, 3.8) is 0 Å². The van der Waals surface area contributed by atoms with E-state index < -0.39 is 0 Å². The summed E-state index contributed by atoms with van der Waals surface area (Å²) >= 11 is 5.79. The van der Waals surface area contributed by atoms with E-state index in [1.165, 1.54) is 18.5 Å². The molecule has 2 N–H and O–H groups in total. The molecule has 0 aliphatic rings. The number of nitrogens with zero attached hydrogens (tertiary/aromatic N) is 2. The van der Waals surface area contributed by atoms with Gasteiger partial charge in [-0.2, -0.15) is 0 Å². The third-order valence-corrected chi connectivity index (χ3v) is 2.20. The Morgan fingerprint density at radius 1 is 1.47 bits per heavy atom. The Kier molecular flexibility index (Phi) is 3.24. The molecule has 7 heteroatoms. The van der Waals surface area contributed by atoms with Crippen LogP contribution in [-0.2, 0) is 0 Å². The normalized spacial score (nSPS) is 10.0. The molecule has 2 aromatic heterocycles. The Hall–Kier alpha value is -2.08. The van der Waals surface area contributed by atoms with E-state index in [1.807, 2.05) is 0 Å². The molecule has 0 aromatic carbocycles. The van der Waals surface area contributed by atoms with E-state index in [0.717, 1.165) is 0 Å². The fourth-order valence-electron chi connectivity index (χ4n) is 1.23. The first-order chi connectivity index (χ1) is 8.19. The summed E-state index contributed by atoms with van der Waals surface area (Å²) < 4.78 is 4.60. The van der Waals surface area contributed by atoms with Gasteiger partial charge in [0.1, 0.15) is 22.9 Å². The van der Waals surface area contributed by atoms with Gasteiger partial charge in [0.25, 0.3) is 5.91 Å². The predicted molar refractivity (Wildman–Crippen MR) is 63.2 cm³/mol. The number of carbonyl (C=O) groups excluding carboxylic acids is 1. The largest absolute Gasteiger partial charge is 0.373 e. The van der Waals surface area contributed by atoms with Crippen molar-refractivity contribution in [3.8, 4) is 0 Å². The third-order valence-electron chi connectivity index (χ3n) is 2.00. The van der Waals surface area contributed by atoms with Crippen molar-refractivity contribution in [1.29, 1.82) is 0 Å². The van der Waals surface area contributed by atoms with Gasteiger partial charge < -0.3 is 15.2 Å². The van der Waals surface area contributed by atoms with Gasteiger partial charge in [-0.15, -0.1) is 0 Å². The molecule has 0 bridgehead atoms. The van der Waals surface area contributed by atoms with Crippen LogP contribution in [0.1, 0.15) is 10.4 Å². The maximum Gasteiger partial charge on any atom is 0.256 e. The second kappa shape index (κ2) is 4.84.